The summed E-state index contributed by atoms with van der Waals surface area (Å²) in [4.78, 5) is 19.7. The maximum Gasteiger partial charge on any atom is 0.276 e. The quantitative estimate of drug-likeness (QED) is 0.629. The summed E-state index contributed by atoms with van der Waals surface area (Å²) >= 11 is 0. The molecular formula is C10H17N5O. The summed E-state index contributed by atoms with van der Waals surface area (Å²) in [6.07, 6.45) is 1.36. The van der Waals surface area contributed by atoms with Crippen molar-refractivity contribution in [3.8, 4) is 0 Å². The third-order valence-corrected chi connectivity index (χ3v) is 3.29. The molecule has 1 saturated heterocycles. The van der Waals surface area contributed by atoms with Crippen LogP contribution >= 0.6 is 0 Å². The Morgan fingerprint density at radius 3 is 2.75 bits per heavy atom. The Kier molecular flexibility index (Phi) is 2.38. The third kappa shape index (κ3) is 1.55. The van der Waals surface area contributed by atoms with E-state index in [1.807, 2.05) is 4.90 Å². The number of hydrogen-bond acceptors (Lipinski definition) is 5. The first-order valence-electron chi connectivity index (χ1n) is 5.31. The standard InChI is InChI=1S/C10H17N5O/c1-6(2)10(12)3-15(4-10)8-7(11)9(16)14-5-13-8/h5-6H,3-4,11-12H2,1-2H3,(H,13,14,16). The van der Waals surface area contributed by atoms with Crippen molar-refractivity contribution in [2.24, 2.45) is 11.7 Å². The average molecular weight is 223 g/mol. The van der Waals surface area contributed by atoms with E-state index in [2.05, 4.69) is 23.8 Å². The van der Waals surface area contributed by atoms with E-state index < -0.39 is 0 Å². The van der Waals surface area contributed by atoms with Crippen molar-refractivity contribution < 1.29 is 0 Å². The lowest BCUT2D eigenvalue weighted by atomic mass is 9.80. The number of nitrogens with two attached hydrogens (primary N) is 2. The first-order valence-corrected chi connectivity index (χ1v) is 5.31. The van der Waals surface area contributed by atoms with Gasteiger partial charge in [0.05, 0.1) is 11.9 Å². The first kappa shape index (κ1) is 10.9. The van der Waals surface area contributed by atoms with Crippen LogP contribution in [0.3, 0.4) is 0 Å². The van der Waals surface area contributed by atoms with Gasteiger partial charge < -0.3 is 21.4 Å². The maximum atomic E-state index is 11.3. The lowest BCUT2D eigenvalue weighted by Crippen LogP contribution is -2.70. The summed E-state index contributed by atoms with van der Waals surface area (Å²) in [6, 6.07) is 0. The second-order valence-corrected chi connectivity index (χ2v) is 4.71. The predicted octanol–water partition coefficient (Wildman–Crippen LogP) is -0.474. The Labute approximate surface area is 93.7 Å². The van der Waals surface area contributed by atoms with Crippen molar-refractivity contribution in [2.75, 3.05) is 23.7 Å². The van der Waals surface area contributed by atoms with Crippen molar-refractivity contribution in [3.05, 3.63) is 16.7 Å². The molecule has 1 fully saturated rings. The Hall–Kier alpha value is -1.56. The molecule has 0 bridgehead atoms. The molecule has 1 aliphatic rings. The fourth-order valence-electron chi connectivity index (χ4n) is 1.83. The topological polar surface area (TPSA) is 101 Å². The molecule has 2 heterocycles. The van der Waals surface area contributed by atoms with Gasteiger partial charge in [-0.05, 0) is 5.92 Å². The van der Waals surface area contributed by atoms with Crippen LogP contribution in [0.5, 0.6) is 0 Å². The summed E-state index contributed by atoms with van der Waals surface area (Å²) in [5.74, 6) is 0.928. The summed E-state index contributed by atoms with van der Waals surface area (Å²) in [5, 5.41) is 0. The largest absolute Gasteiger partial charge is 0.391 e. The monoisotopic (exact) mass is 223 g/mol. The molecule has 2 rings (SSSR count). The van der Waals surface area contributed by atoms with Crippen LogP contribution in [-0.2, 0) is 0 Å². The van der Waals surface area contributed by atoms with E-state index in [0.717, 1.165) is 0 Å². The fourth-order valence-corrected chi connectivity index (χ4v) is 1.83. The van der Waals surface area contributed by atoms with E-state index >= 15 is 0 Å². The molecule has 1 aromatic heterocycles. The van der Waals surface area contributed by atoms with E-state index in [1.165, 1.54) is 6.33 Å². The zero-order chi connectivity index (χ0) is 11.9. The molecule has 0 unspecified atom stereocenters. The third-order valence-electron chi connectivity index (χ3n) is 3.29. The number of anilines is 2. The summed E-state index contributed by atoms with van der Waals surface area (Å²) < 4.78 is 0. The van der Waals surface area contributed by atoms with Crippen LogP contribution in [0.4, 0.5) is 11.5 Å². The van der Waals surface area contributed by atoms with E-state index in [9.17, 15) is 4.79 Å². The number of H-pyrrole nitrogens is 1. The number of rotatable bonds is 2. The number of nitrogen functional groups attached to an aromatic ring is 1. The molecule has 88 valence electrons. The van der Waals surface area contributed by atoms with Crippen molar-refractivity contribution in [1.29, 1.82) is 0 Å². The van der Waals surface area contributed by atoms with Gasteiger partial charge in [-0.15, -0.1) is 0 Å². The average Bonchev–Trinajstić information content (AvgIpc) is 2.17. The normalized spacial score (nSPS) is 18.6. The van der Waals surface area contributed by atoms with Gasteiger partial charge in [0.25, 0.3) is 5.56 Å². The summed E-state index contributed by atoms with van der Waals surface area (Å²) in [5.41, 5.74) is 11.5. The zero-order valence-corrected chi connectivity index (χ0v) is 9.53. The van der Waals surface area contributed by atoms with Crippen molar-refractivity contribution in [3.63, 3.8) is 0 Å². The Balaban J connectivity index is 2.19. The minimum atomic E-state index is -0.302. The van der Waals surface area contributed by atoms with E-state index in [4.69, 9.17) is 11.5 Å². The number of nitrogens with one attached hydrogen (secondary N) is 1. The maximum absolute atomic E-state index is 11.3. The van der Waals surface area contributed by atoms with Crippen LogP contribution in [0.1, 0.15) is 13.8 Å². The Morgan fingerprint density at radius 1 is 1.56 bits per heavy atom. The van der Waals surface area contributed by atoms with Crippen molar-refractivity contribution >= 4 is 11.5 Å². The molecule has 5 N–H and O–H groups in total. The van der Waals surface area contributed by atoms with Crippen molar-refractivity contribution in [2.45, 2.75) is 19.4 Å². The minimum Gasteiger partial charge on any atom is -0.391 e. The molecule has 1 aliphatic heterocycles. The number of nitrogens with zero attached hydrogens (tertiary/aromatic N) is 2. The minimum absolute atomic E-state index is 0.160. The molecule has 0 spiro atoms. The highest BCUT2D eigenvalue weighted by Gasteiger charge is 2.43. The molecule has 0 saturated carbocycles. The van der Waals surface area contributed by atoms with Gasteiger partial charge in [-0.2, -0.15) is 0 Å². The molecular weight excluding hydrogens is 206 g/mol. The van der Waals surface area contributed by atoms with Gasteiger partial charge >= 0.3 is 0 Å². The number of hydrogen-bond donors (Lipinski definition) is 3. The number of aromatic amines is 1. The second-order valence-electron chi connectivity index (χ2n) is 4.71. The van der Waals surface area contributed by atoms with Gasteiger partial charge in [0.2, 0.25) is 0 Å². The van der Waals surface area contributed by atoms with Gasteiger partial charge in [0.1, 0.15) is 5.69 Å². The van der Waals surface area contributed by atoms with Gasteiger partial charge in [0.15, 0.2) is 5.82 Å². The van der Waals surface area contributed by atoms with Gasteiger partial charge in [-0.3, -0.25) is 4.79 Å². The van der Waals surface area contributed by atoms with E-state index in [0.29, 0.717) is 24.8 Å². The van der Waals surface area contributed by atoms with Crippen LogP contribution < -0.4 is 21.9 Å². The lowest BCUT2D eigenvalue weighted by molar-refractivity contribution is 0.244. The fraction of sp³-hybridized carbons (Fsp3) is 0.600. The highest BCUT2D eigenvalue weighted by atomic mass is 16.1. The molecule has 6 heteroatoms. The van der Waals surface area contributed by atoms with E-state index in [-0.39, 0.29) is 16.8 Å². The molecule has 0 aliphatic carbocycles. The highest BCUT2D eigenvalue weighted by molar-refractivity contribution is 5.63. The number of aromatic nitrogens is 2. The first-order chi connectivity index (χ1) is 7.44. The smallest absolute Gasteiger partial charge is 0.276 e. The van der Waals surface area contributed by atoms with Crippen LogP contribution in [0.15, 0.2) is 11.1 Å². The SMILES string of the molecule is CC(C)C1(N)CN(c2nc[nH]c(=O)c2N)C1. The van der Waals surface area contributed by atoms with Gasteiger partial charge in [0, 0.05) is 13.1 Å². The van der Waals surface area contributed by atoms with Crippen LogP contribution in [0.25, 0.3) is 0 Å². The molecule has 6 nitrogen and oxygen atoms in total. The predicted molar refractivity (Wildman–Crippen MR) is 63.2 cm³/mol. The highest BCUT2D eigenvalue weighted by Crippen LogP contribution is 2.31. The molecule has 16 heavy (non-hydrogen) atoms. The van der Waals surface area contributed by atoms with Crippen LogP contribution in [-0.4, -0.2) is 28.6 Å². The van der Waals surface area contributed by atoms with Gasteiger partial charge in [-0.1, -0.05) is 13.8 Å². The molecule has 0 radical (unpaired) electrons. The Morgan fingerprint density at radius 2 is 2.19 bits per heavy atom. The van der Waals surface area contributed by atoms with E-state index in [1.54, 1.807) is 0 Å². The Bertz CT molecular complexity index is 447. The van der Waals surface area contributed by atoms with Crippen molar-refractivity contribution in [1.82, 2.24) is 9.97 Å². The molecule has 0 aromatic carbocycles. The molecule has 1 aromatic rings. The molecule has 0 amide bonds. The van der Waals surface area contributed by atoms with Crippen LogP contribution in [0, 0.1) is 5.92 Å². The lowest BCUT2D eigenvalue weighted by Gasteiger charge is -2.51. The molecule has 0 atom stereocenters. The second kappa shape index (κ2) is 3.48. The zero-order valence-electron chi connectivity index (χ0n) is 9.53. The summed E-state index contributed by atoms with van der Waals surface area (Å²) in [7, 11) is 0. The van der Waals surface area contributed by atoms with Crippen LogP contribution in [0.2, 0.25) is 0 Å². The van der Waals surface area contributed by atoms with Gasteiger partial charge in [-0.25, -0.2) is 4.98 Å². The summed E-state index contributed by atoms with van der Waals surface area (Å²) in [6.45, 7) is 5.55.